The summed E-state index contributed by atoms with van der Waals surface area (Å²) in [7, 11) is 0. The molecule has 2 aromatic heterocycles. The quantitative estimate of drug-likeness (QED) is 0.132. The first-order valence-corrected chi connectivity index (χ1v) is 15.4. The van der Waals surface area contributed by atoms with Gasteiger partial charge in [0.05, 0.1) is 13.1 Å². The van der Waals surface area contributed by atoms with E-state index in [0.29, 0.717) is 29.5 Å². The molecule has 50 heavy (non-hydrogen) atoms. The molecule has 0 fully saturated rings. The predicted octanol–water partition coefficient (Wildman–Crippen LogP) is 5.99. The van der Waals surface area contributed by atoms with Crippen molar-refractivity contribution in [3.05, 3.63) is 152 Å². The minimum Gasteiger partial charge on any atom is -0.477 e. The molecule has 2 N–H and O–H groups in total. The minimum absolute atomic E-state index is 0.232. The maximum Gasteiger partial charge on any atom is 0.351 e. The number of benzene rings is 4. The molecule has 4 aromatic carbocycles. The summed E-state index contributed by atoms with van der Waals surface area (Å²) in [5.41, 5.74) is 2.06. The first kappa shape index (κ1) is 32.9. The normalized spacial score (nSPS) is 10.6. The Morgan fingerprint density at radius 1 is 0.640 bits per heavy atom. The number of anilines is 2. The van der Waals surface area contributed by atoms with E-state index < -0.39 is 34.3 Å². The number of nitrogens with zero attached hydrogens (tertiary/aromatic N) is 2. The van der Waals surface area contributed by atoms with Gasteiger partial charge in [-0.3, -0.25) is 0 Å². The summed E-state index contributed by atoms with van der Waals surface area (Å²) >= 11 is 0. The second-order valence-corrected chi connectivity index (χ2v) is 11.4. The van der Waals surface area contributed by atoms with E-state index in [4.69, 9.17) is 15.3 Å². The Bertz CT molecular complexity index is 2480. The molecule has 0 bridgehead atoms. The van der Waals surface area contributed by atoms with Crippen LogP contribution in [0.1, 0.15) is 37.4 Å². The van der Waals surface area contributed by atoms with Crippen molar-refractivity contribution in [2.75, 3.05) is 22.9 Å². The summed E-state index contributed by atoms with van der Waals surface area (Å²) < 4.78 is 10.6. The van der Waals surface area contributed by atoms with Gasteiger partial charge in [0.25, 0.3) is 0 Å². The van der Waals surface area contributed by atoms with E-state index in [2.05, 4.69) is 22.7 Å². The van der Waals surface area contributed by atoms with Crippen molar-refractivity contribution in [2.24, 2.45) is 0 Å². The average molecular weight is 665 g/mol. The smallest absolute Gasteiger partial charge is 0.351 e. The molecule has 2 heterocycles. The highest BCUT2D eigenvalue weighted by molar-refractivity contribution is 5.93. The van der Waals surface area contributed by atoms with E-state index in [-0.39, 0.29) is 24.3 Å². The van der Waals surface area contributed by atoms with E-state index in [1.54, 1.807) is 30.3 Å². The van der Waals surface area contributed by atoms with Crippen molar-refractivity contribution in [3.8, 4) is 24.2 Å². The highest BCUT2D eigenvalue weighted by atomic mass is 16.4. The monoisotopic (exact) mass is 664 g/mol. The Morgan fingerprint density at radius 3 is 1.78 bits per heavy atom. The van der Waals surface area contributed by atoms with Crippen LogP contribution in [0.3, 0.4) is 0 Å². The molecule has 6 rings (SSSR count). The van der Waals surface area contributed by atoms with Crippen LogP contribution in [-0.2, 0) is 13.1 Å². The number of carboxylic acid groups (broad SMARTS) is 2. The number of carboxylic acids is 2. The summed E-state index contributed by atoms with van der Waals surface area (Å²) in [5, 5.41) is 19.5. The fraction of sp³-hybridized carbons (Fsp3) is 0.100. The predicted molar refractivity (Wildman–Crippen MR) is 190 cm³/mol. The van der Waals surface area contributed by atoms with Gasteiger partial charge in [-0.25, -0.2) is 19.2 Å². The summed E-state index contributed by atoms with van der Waals surface area (Å²) in [6.45, 7) is 1.53. The molecule has 246 valence electrons. The van der Waals surface area contributed by atoms with Crippen molar-refractivity contribution < 1.29 is 28.6 Å². The van der Waals surface area contributed by atoms with E-state index in [0.717, 1.165) is 22.4 Å². The van der Waals surface area contributed by atoms with Crippen molar-refractivity contribution in [1.29, 1.82) is 0 Å². The Labute approximate surface area is 285 Å². The van der Waals surface area contributed by atoms with Gasteiger partial charge in [-0.05, 0) is 59.7 Å². The van der Waals surface area contributed by atoms with Crippen LogP contribution in [0.25, 0.3) is 21.9 Å². The van der Waals surface area contributed by atoms with Gasteiger partial charge < -0.3 is 28.8 Å². The van der Waals surface area contributed by atoms with Crippen LogP contribution in [0.4, 0.5) is 11.4 Å². The first-order chi connectivity index (χ1) is 24.2. The molecule has 0 atom stereocenters. The lowest BCUT2D eigenvalue weighted by Crippen LogP contribution is -2.24. The fourth-order valence-electron chi connectivity index (χ4n) is 5.49. The molecule has 0 saturated heterocycles. The maximum atomic E-state index is 12.3. The van der Waals surface area contributed by atoms with Crippen LogP contribution < -0.4 is 21.1 Å². The van der Waals surface area contributed by atoms with Gasteiger partial charge in [0.2, 0.25) is 0 Å². The number of terminal acetylenes is 1. The maximum absolute atomic E-state index is 12.3. The van der Waals surface area contributed by atoms with Gasteiger partial charge in [0.1, 0.15) is 22.3 Å². The zero-order valence-electron chi connectivity index (χ0n) is 26.5. The average Bonchev–Trinajstić information content (AvgIpc) is 3.10. The lowest BCUT2D eigenvalue weighted by molar-refractivity contribution is 0.0681. The second kappa shape index (κ2) is 14.4. The third-order valence-corrected chi connectivity index (χ3v) is 7.93. The van der Waals surface area contributed by atoms with Crippen molar-refractivity contribution in [3.63, 3.8) is 0 Å². The van der Waals surface area contributed by atoms with Crippen molar-refractivity contribution >= 4 is 45.3 Å². The third-order valence-electron chi connectivity index (χ3n) is 7.93. The van der Waals surface area contributed by atoms with Crippen LogP contribution in [0.15, 0.2) is 122 Å². The Morgan fingerprint density at radius 2 is 1.20 bits per heavy atom. The molecule has 10 nitrogen and oxygen atoms in total. The SMILES string of the molecule is C#CCN(CC#Cc1cccc(CN(Cc2ccccc2)c2ccc3cc(C(=O)O)c(=O)oc3c2)c1)c1ccc2cc(C(=O)O)c(=O)oc2c1. The Hall–Kier alpha value is -7.04. The van der Waals surface area contributed by atoms with E-state index in [1.807, 2.05) is 65.6 Å². The third kappa shape index (κ3) is 7.41. The van der Waals surface area contributed by atoms with Gasteiger partial charge in [-0.1, -0.05) is 60.2 Å². The fourth-order valence-corrected chi connectivity index (χ4v) is 5.49. The van der Waals surface area contributed by atoms with Gasteiger partial charge in [0, 0.05) is 52.9 Å². The lowest BCUT2D eigenvalue weighted by atomic mass is 10.1. The van der Waals surface area contributed by atoms with Crippen molar-refractivity contribution in [2.45, 2.75) is 13.1 Å². The van der Waals surface area contributed by atoms with Gasteiger partial charge in [0.15, 0.2) is 0 Å². The second-order valence-electron chi connectivity index (χ2n) is 11.4. The zero-order valence-corrected chi connectivity index (χ0v) is 26.5. The number of hydrogen-bond donors (Lipinski definition) is 2. The van der Waals surface area contributed by atoms with E-state index in [9.17, 15) is 29.4 Å². The Balaban J connectivity index is 1.25. The first-order valence-electron chi connectivity index (χ1n) is 15.4. The molecule has 0 aliphatic heterocycles. The number of rotatable bonds is 10. The van der Waals surface area contributed by atoms with Crippen LogP contribution in [-0.4, -0.2) is 35.2 Å². The molecule has 0 amide bonds. The molecule has 0 aliphatic rings. The van der Waals surface area contributed by atoms with Gasteiger partial charge >= 0.3 is 23.2 Å². The summed E-state index contributed by atoms with van der Waals surface area (Å²) in [4.78, 5) is 51.1. The molecule has 0 aliphatic carbocycles. The lowest BCUT2D eigenvalue weighted by Gasteiger charge is -2.25. The highest BCUT2D eigenvalue weighted by Crippen LogP contribution is 2.26. The summed E-state index contributed by atoms with van der Waals surface area (Å²) in [5.74, 6) is 6.29. The minimum atomic E-state index is -1.36. The topological polar surface area (TPSA) is 142 Å². The molecule has 0 radical (unpaired) electrons. The van der Waals surface area contributed by atoms with Gasteiger partial charge in [-0.15, -0.1) is 6.42 Å². The molecule has 10 heteroatoms. The van der Waals surface area contributed by atoms with E-state index >= 15 is 0 Å². The van der Waals surface area contributed by atoms with Gasteiger partial charge in [-0.2, -0.15) is 0 Å². The molecule has 0 saturated carbocycles. The molecule has 0 spiro atoms. The highest BCUT2D eigenvalue weighted by Gasteiger charge is 2.16. The van der Waals surface area contributed by atoms with Crippen LogP contribution in [0.5, 0.6) is 0 Å². The molecule has 0 unspecified atom stereocenters. The Kier molecular flexibility index (Phi) is 9.46. The number of hydrogen-bond acceptors (Lipinski definition) is 8. The van der Waals surface area contributed by atoms with Crippen LogP contribution >= 0.6 is 0 Å². The summed E-state index contributed by atoms with van der Waals surface area (Å²) in [6, 6.07) is 30.7. The van der Waals surface area contributed by atoms with Crippen LogP contribution in [0.2, 0.25) is 0 Å². The number of fused-ring (bicyclic) bond motifs is 2. The molecular weight excluding hydrogens is 636 g/mol. The number of aromatic carboxylic acids is 2. The molecule has 6 aromatic rings. The summed E-state index contributed by atoms with van der Waals surface area (Å²) in [6.07, 6.45) is 5.64. The molecular formula is C40H28N2O8. The largest absolute Gasteiger partial charge is 0.477 e. The standard InChI is InChI=1S/C40H28N2O8/c1-2-17-41(31-15-13-29-20-33(37(43)44)39(47)49-35(29)22-31)18-7-12-26-10-6-11-28(19-26)25-42(24-27-8-4-3-5-9-27)32-16-14-30-21-34(38(45)46)40(48)50-36(30)23-32/h1,3-6,8-11,13-16,19-23H,17-18,24-25H2,(H,43,44)(H,45,46). The van der Waals surface area contributed by atoms with Crippen molar-refractivity contribution in [1.82, 2.24) is 0 Å². The van der Waals surface area contributed by atoms with E-state index in [1.165, 1.54) is 12.1 Å². The zero-order chi connectivity index (χ0) is 35.2. The number of carbonyl (C=O) groups is 2. The van der Waals surface area contributed by atoms with Crippen LogP contribution in [0, 0.1) is 24.2 Å².